The van der Waals surface area contributed by atoms with E-state index in [2.05, 4.69) is 9.97 Å². The molecule has 0 aliphatic rings. The van der Waals surface area contributed by atoms with Crippen molar-refractivity contribution < 1.29 is 4.74 Å². The van der Waals surface area contributed by atoms with E-state index in [1.165, 1.54) is 4.57 Å². The number of fused-ring (bicyclic) bond motifs is 2. The Kier molecular flexibility index (Phi) is 3.90. The summed E-state index contributed by atoms with van der Waals surface area (Å²) < 4.78 is 6.74. The van der Waals surface area contributed by atoms with Crippen molar-refractivity contribution in [3.05, 3.63) is 70.4 Å². The third kappa shape index (κ3) is 2.60. The van der Waals surface area contributed by atoms with E-state index in [9.17, 15) is 10.1 Å². The number of rotatable bonds is 4. The number of ether oxygens (including phenoxy) is 1. The quantitative estimate of drug-likeness (QED) is 0.617. The highest BCUT2D eigenvalue weighted by atomic mass is 16.5. The van der Waals surface area contributed by atoms with Crippen molar-refractivity contribution in [3.8, 4) is 11.8 Å². The highest BCUT2D eigenvalue weighted by molar-refractivity contribution is 5.84. The van der Waals surface area contributed by atoms with E-state index in [1.807, 2.05) is 30.5 Å². The number of H-pyrrole nitrogens is 1. The van der Waals surface area contributed by atoms with Crippen LogP contribution in [0.5, 0.6) is 5.75 Å². The molecule has 0 amide bonds. The molecule has 0 spiro atoms. The zero-order chi connectivity index (χ0) is 18.1. The lowest BCUT2D eigenvalue weighted by molar-refractivity contribution is 0.415. The number of hydrogen-bond acceptors (Lipinski definition) is 4. The summed E-state index contributed by atoms with van der Waals surface area (Å²) in [5.41, 5.74) is 2.42. The number of aromatic nitrogens is 3. The molecule has 2 aromatic heterocycles. The first-order valence-corrected chi connectivity index (χ1v) is 8.25. The number of hydrogen-bond donors (Lipinski definition) is 1. The predicted octanol–water partition coefficient (Wildman–Crippen LogP) is 3.00. The van der Waals surface area contributed by atoms with Crippen LogP contribution in [-0.4, -0.2) is 21.6 Å². The van der Waals surface area contributed by atoms with Crippen molar-refractivity contribution in [2.45, 2.75) is 13.0 Å². The van der Waals surface area contributed by atoms with Crippen LogP contribution in [0.15, 0.2) is 53.5 Å². The monoisotopic (exact) mass is 344 g/mol. The van der Waals surface area contributed by atoms with Gasteiger partial charge in [-0.05, 0) is 42.3 Å². The van der Waals surface area contributed by atoms with E-state index >= 15 is 0 Å². The van der Waals surface area contributed by atoms with E-state index in [1.54, 1.807) is 31.4 Å². The smallest absolute Gasteiger partial charge is 0.262 e. The molecule has 1 N–H and O–H groups in total. The zero-order valence-corrected chi connectivity index (χ0v) is 14.2. The number of para-hydroxylation sites is 1. The van der Waals surface area contributed by atoms with Gasteiger partial charge in [0.2, 0.25) is 5.82 Å². The standard InChI is InChI=1S/C20H16N4O2/c1-26-14-6-7-17-16(10-14)13(12-22-17)8-9-24-19(11-21)23-18-5-3-2-4-15(18)20(24)25/h2-7,10,12,22H,8-9H2,1H3. The average molecular weight is 344 g/mol. The fraction of sp³-hybridized carbons (Fsp3) is 0.150. The average Bonchev–Trinajstić information content (AvgIpc) is 3.09. The molecular formula is C20H16N4O2. The van der Waals surface area contributed by atoms with E-state index < -0.39 is 0 Å². The van der Waals surface area contributed by atoms with Crippen LogP contribution in [0.4, 0.5) is 0 Å². The minimum absolute atomic E-state index is 0.131. The van der Waals surface area contributed by atoms with Gasteiger partial charge in [-0.3, -0.25) is 9.36 Å². The Morgan fingerprint density at radius 1 is 1.23 bits per heavy atom. The molecule has 2 heterocycles. The van der Waals surface area contributed by atoms with Crippen molar-refractivity contribution in [1.82, 2.24) is 14.5 Å². The highest BCUT2D eigenvalue weighted by Gasteiger charge is 2.12. The van der Waals surface area contributed by atoms with Crippen LogP contribution in [0.1, 0.15) is 11.4 Å². The Hall–Kier alpha value is -3.59. The van der Waals surface area contributed by atoms with Crippen LogP contribution in [0.25, 0.3) is 21.8 Å². The van der Waals surface area contributed by atoms with Crippen LogP contribution in [0, 0.1) is 11.3 Å². The Bertz CT molecular complexity index is 1210. The van der Waals surface area contributed by atoms with Gasteiger partial charge in [0.05, 0.1) is 18.0 Å². The Morgan fingerprint density at radius 2 is 2.08 bits per heavy atom. The third-order valence-corrected chi connectivity index (χ3v) is 4.54. The lowest BCUT2D eigenvalue weighted by Crippen LogP contribution is -2.25. The van der Waals surface area contributed by atoms with Gasteiger partial charge in [0.15, 0.2) is 0 Å². The summed E-state index contributed by atoms with van der Waals surface area (Å²) in [6, 6.07) is 14.9. The van der Waals surface area contributed by atoms with Gasteiger partial charge in [0.25, 0.3) is 5.56 Å². The molecule has 0 atom stereocenters. The minimum atomic E-state index is -0.190. The summed E-state index contributed by atoms with van der Waals surface area (Å²) in [7, 11) is 1.63. The van der Waals surface area contributed by atoms with Gasteiger partial charge in [-0.25, -0.2) is 4.98 Å². The second-order valence-corrected chi connectivity index (χ2v) is 6.00. The van der Waals surface area contributed by atoms with Crippen molar-refractivity contribution in [2.24, 2.45) is 0 Å². The van der Waals surface area contributed by atoms with Gasteiger partial charge < -0.3 is 9.72 Å². The van der Waals surface area contributed by atoms with Crippen LogP contribution < -0.4 is 10.3 Å². The second-order valence-electron chi connectivity index (χ2n) is 6.00. The summed E-state index contributed by atoms with van der Waals surface area (Å²) in [4.78, 5) is 20.3. The molecule has 2 aromatic carbocycles. The second kappa shape index (κ2) is 6.37. The van der Waals surface area contributed by atoms with Gasteiger partial charge in [-0.1, -0.05) is 12.1 Å². The summed E-state index contributed by atoms with van der Waals surface area (Å²) in [6.07, 6.45) is 2.53. The molecule has 0 aliphatic carbocycles. The molecule has 0 unspecified atom stereocenters. The maximum atomic E-state index is 12.8. The maximum absolute atomic E-state index is 12.8. The summed E-state index contributed by atoms with van der Waals surface area (Å²) in [6.45, 7) is 0.379. The van der Waals surface area contributed by atoms with Gasteiger partial charge in [0.1, 0.15) is 11.8 Å². The van der Waals surface area contributed by atoms with Gasteiger partial charge >= 0.3 is 0 Å². The van der Waals surface area contributed by atoms with Crippen molar-refractivity contribution in [1.29, 1.82) is 5.26 Å². The van der Waals surface area contributed by atoms with Crippen LogP contribution >= 0.6 is 0 Å². The Labute approximate surface area is 149 Å². The topological polar surface area (TPSA) is 83.7 Å². The van der Waals surface area contributed by atoms with E-state index in [-0.39, 0.29) is 11.4 Å². The minimum Gasteiger partial charge on any atom is -0.497 e. The molecule has 0 bridgehead atoms. The molecule has 6 heteroatoms. The molecule has 0 saturated carbocycles. The zero-order valence-electron chi connectivity index (χ0n) is 14.2. The molecular weight excluding hydrogens is 328 g/mol. The molecule has 0 aliphatic heterocycles. The number of methoxy groups -OCH3 is 1. The first kappa shape index (κ1) is 15.9. The molecule has 0 saturated heterocycles. The molecule has 4 aromatic rings. The number of nitrogens with one attached hydrogen (secondary N) is 1. The maximum Gasteiger partial charge on any atom is 0.262 e. The molecule has 6 nitrogen and oxygen atoms in total. The SMILES string of the molecule is COc1ccc2[nH]cc(CCn3c(C#N)nc4ccccc4c3=O)c2c1. The molecule has 128 valence electrons. The molecule has 4 rings (SSSR count). The van der Waals surface area contributed by atoms with E-state index in [4.69, 9.17) is 4.74 Å². The van der Waals surface area contributed by atoms with Crippen LogP contribution in [0.2, 0.25) is 0 Å². The normalized spacial score (nSPS) is 10.9. The highest BCUT2D eigenvalue weighted by Crippen LogP contribution is 2.24. The fourth-order valence-electron chi connectivity index (χ4n) is 3.18. The lowest BCUT2D eigenvalue weighted by Gasteiger charge is -2.09. The Morgan fingerprint density at radius 3 is 2.88 bits per heavy atom. The summed E-state index contributed by atoms with van der Waals surface area (Å²) in [5.74, 6) is 0.909. The largest absolute Gasteiger partial charge is 0.497 e. The third-order valence-electron chi connectivity index (χ3n) is 4.54. The van der Waals surface area contributed by atoms with E-state index in [0.717, 1.165) is 22.2 Å². The summed E-state index contributed by atoms with van der Waals surface area (Å²) >= 11 is 0. The first-order chi connectivity index (χ1) is 12.7. The molecule has 26 heavy (non-hydrogen) atoms. The predicted molar refractivity (Wildman–Crippen MR) is 99.3 cm³/mol. The van der Waals surface area contributed by atoms with Gasteiger partial charge in [-0.15, -0.1) is 0 Å². The van der Waals surface area contributed by atoms with Crippen LogP contribution in [0.3, 0.4) is 0 Å². The molecule has 0 fully saturated rings. The van der Waals surface area contributed by atoms with Crippen LogP contribution in [-0.2, 0) is 13.0 Å². The van der Waals surface area contributed by atoms with Gasteiger partial charge in [-0.2, -0.15) is 5.26 Å². The number of aryl methyl sites for hydroxylation is 1. The number of nitriles is 1. The summed E-state index contributed by atoms with van der Waals surface area (Å²) in [5, 5.41) is 11.0. The molecule has 0 radical (unpaired) electrons. The number of benzene rings is 2. The number of aromatic amines is 1. The number of nitrogens with zero attached hydrogens (tertiary/aromatic N) is 3. The van der Waals surface area contributed by atoms with E-state index in [0.29, 0.717) is 23.9 Å². The van der Waals surface area contributed by atoms with Gasteiger partial charge in [0, 0.05) is 23.6 Å². The van der Waals surface area contributed by atoms with Crippen molar-refractivity contribution in [3.63, 3.8) is 0 Å². The Balaban J connectivity index is 1.74. The van der Waals surface area contributed by atoms with Crippen molar-refractivity contribution >= 4 is 21.8 Å². The van der Waals surface area contributed by atoms with Crippen molar-refractivity contribution in [2.75, 3.05) is 7.11 Å². The lowest BCUT2D eigenvalue weighted by atomic mass is 10.1. The fourth-order valence-corrected chi connectivity index (χ4v) is 3.18. The first-order valence-electron chi connectivity index (χ1n) is 8.25.